The Balaban J connectivity index is 2.19. The van der Waals surface area contributed by atoms with E-state index in [9.17, 15) is 9.59 Å². The smallest absolute Gasteiger partial charge is 0.253 e. The highest BCUT2D eigenvalue weighted by Gasteiger charge is 2.26. The molecule has 0 aliphatic rings. The maximum atomic E-state index is 11.9. The van der Waals surface area contributed by atoms with Gasteiger partial charge >= 0.3 is 0 Å². The second-order valence-electron chi connectivity index (χ2n) is 7.18. The lowest BCUT2D eigenvalue weighted by molar-refractivity contribution is 0.359. The van der Waals surface area contributed by atoms with Crippen LogP contribution in [0.15, 0.2) is 21.7 Å². The Labute approximate surface area is 151 Å². The van der Waals surface area contributed by atoms with Crippen molar-refractivity contribution in [1.29, 1.82) is 0 Å². The number of benzene rings is 1. The summed E-state index contributed by atoms with van der Waals surface area (Å²) in [5.74, 6) is 0. The quantitative estimate of drug-likeness (QED) is 0.769. The summed E-state index contributed by atoms with van der Waals surface area (Å²) in [5, 5.41) is 7.29. The van der Waals surface area contributed by atoms with Crippen LogP contribution in [-0.4, -0.2) is 6.04 Å². The summed E-state index contributed by atoms with van der Waals surface area (Å²) >= 11 is 12.2. The van der Waals surface area contributed by atoms with Crippen molar-refractivity contribution in [2.24, 2.45) is 5.41 Å². The van der Waals surface area contributed by atoms with Crippen LogP contribution >= 0.6 is 23.2 Å². The molecular weight excluding hydrogens is 347 g/mol. The predicted molar refractivity (Wildman–Crippen MR) is 102 cm³/mol. The molecule has 24 heavy (non-hydrogen) atoms. The molecule has 4 nitrogen and oxygen atoms in total. The predicted octanol–water partition coefficient (Wildman–Crippen LogP) is 4.36. The number of halogens is 2. The van der Waals surface area contributed by atoms with Crippen LogP contribution in [0.5, 0.6) is 0 Å². The van der Waals surface area contributed by atoms with Crippen molar-refractivity contribution >= 4 is 34.6 Å². The van der Waals surface area contributed by atoms with E-state index in [0.717, 1.165) is 11.1 Å². The zero-order valence-electron chi connectivity index (χ0n) is 14.5. The summed E-state index contributed by atoms with van der Waals surface area (Å²) in [7, 11) is 0. The van der Waals surface area contributed by atoms with Gasteiger partial charge in [-0.05, 0) is 42.5 Å². The van der Waals surface area contributed by atoms with E-state index in [4.69, 9.17) is 23.2 Å². The molecule has 6 heteroatoms. The topological polar surface area (TPSA) is 58.2 Å². The van der Waals surface area contributed by atoms with E-state index in [1.807, 2.05) is 19.9 Å². The monoisotopic (exact) mass is 368 g/mol. The standard InChI is InChI=1S/C18H22Cl2N2O2/c1-9-6-11(19)7-13(20)12(9)8-21-14-15(17(24)16(14)23)22-10(2)18(3,4)5/h6-7,10,21-22H,8H2,1-5H3. The lowest BCUT2D eigenvalue weighted by Crippen LogP contribution is -2.42. The SMILES string of the molecule is Cc1cc(Cl)cc(Cl)c1CNc1c(NC(C)C(C)(C)C)c(=O)c1=O. The van der Waals surface area contributed by atoms with E-state index in [1.165, 1.54) is 0 Å². The highest BCUT2D eigenvalue weighted by Crippen LogP contribution is 2.28. The maximum absolute atomic E-state index is 11.9. The average Bonchev–Trinajstić information content (AvgIpc) is 2.46. The van der Waals surface area contributed by atoms with Gasteiger partial charge in [0.1, 0.15) is 11.4 Å². The van der Waals surface area contributed by atoms with Crippen molar-refractivity contribution in [3.05, 3.63) is 53.8 Å². The first-order valence-electron chi connectivity index (χ1n) is 7.80. The van der Waals surface area contributed by atoms with E-state index in [-0.39, 0.29) is 11.5 Å². The molecule has 2 aromatic carbocycles. The molecule has 2 aromatic rings. The zero-order chi connectivity index (χ0) is 18.2. The molecule has 0 aliphatic carbocycles. The lowest BCUT2D eigenvalue weighted by Gasteiger charge is -2.30. The van der Waals surface area contributed by atoms with E-state index in [2.05, 4.69) is 31.4 Å². The van der Waals surface area contributed by atoms with Crippen LogP contribution in [0.1, 0.15) is 38.8 Å². The molecule has 0 bridgehead atoms. The van der Waals surface area contributed by atoms with Gasteiger partial charge in [-0.2, -0.15) is 0 Å². The fourth-order valence-electron chi connectivity index (χ4n) is 2.26. The molecule has 0 radical (unpaired) electrons. The minimum Gasteiger partial charge on any atom is -0.377 e. The van der Waals surface area contributed by atoms with Crippen molar-refractivity contribution in [3.63, 3.8) is 0 Å². The van der Waals surface area contributed by atoms with Crippen molar-refractivity contribution < 1.29 is 0 Å². The van der Waals surface area contributed by atoms with Crippen LogP contribution < -0.4 is 21.5 Å². The van der Waals surface area contributed by atoms with E-state index >= 15 is 0 Å². The van der Waals surface area contributed by atoms with E-state index in [1.54, 1.807) is 6.07 Å². The van der Waals surface area contributed by atoms with Gasteiger partial charge in [0, 0.05) is 22.6 Å². The number of hydrogen-bond donors (Lipinski definition) is 2. The fourth-order valence-corrected chi connectivity index (χ4v) is 2.93. The third kappa shape index (κ3) is 3.76. The van der Waals surface area contributed by atoms with Crippen LogP contribution in [0, 0.1) is 12.3 Å². The Kier molecular flexibility index (Phi) is 5.31. The lowest BCUT2D eigenvalue weighted by atomic mass is 9.87. The van der Waals surface area contributed by atoms with Crippen LogP contribution in [0.25, 0.3) is 0 Å². The molecule has 0 saturated carbocycles. The van der Waals surface area contributed by atoms with Gasteiger partial charge in [-0.15, -0.1) is 0 Å². The van der Waals surface area contributed by atoms with Crippen molar-refractivity contribution in [1.82, 2.24) is 0 Å². The summed E-state index contributed by atoms with van der Waals surface area (Å²) in [4.78, 5) is 23.8. The van der Waals surface area contributed by atoms with Crippen molar-refractivity contribution in [2.45, 2.75) is 47.2 Å². The molecule has 1 unspecified atom stereocenters. The minimum atomic E-state index is -0.499. The van der Waals surface area contributed by atoms with Gasteiger partial charge in [0.05, 0.1) is 0 Å². The number of anilines is 2. The molecule has 130 valence electrons. The normalized spacial score (nSPS) is 13.1. The molecule has 2 N–H and O–H groups in total. The Morgan fingerprint density at radius 2 is 1.67 bits per heavy atom. The first kappa shape index (κ1) is 18.8. The second-order valence-corrected chi connectivity index (χ2v) is 8.02. The molecule has 0 fully saturated rings. The van der Waals surface area contributed by atoms with Gasteiger partial charge in [-0.3, -0.25) is 9.59 Å². The molecule has 2 rings (SSSR count). The van der Waals surface area contributed by atoms with Gasteiger partial charge in [-0.25, -0.2) is 0 Å². The van der Waals surface area contributed by atoms with Crippen LogP contribution in [0.3, 0.4) is 0 Å². The molecule has 0 heterocycles. The van der Waals surface area contributed by atoms with Gasteiger partial charge in [0.25, 0.3) is 10.9 Å². The summed E-state index contributed by atoms with van der Waals surface area (Å²) in [5.41, 5.74) is 1.44. The third-order valence-corrected chi connectivity index (χ3v) is 4.95. The third-order valence-electron chi connectivity index (χ3n) is 4.40. The van der Waals surface area contributed by atoms with E-state index < -0.39 is 10.9 Å². The van der Waals surface area contributed by atoms with Crippen molar-refractivity contribution in [2.75, 3.05) is 10.6 Å². The summed E-state index contributed by atoms with van der Waals surface area (Å²) in [6.07, 6.45) is 0. The first-order chi connectivity index (χ1) is 11.0. The summed E-state index contributed by atoms with van der Waals surface area (Å²) in [6.45, 7) is 10.4. The number of nitrogens with one attached hydrogen (secondary N) is 2. The number of rotatable bonds is 5. The second kappa shape index (κ2) is 6.77. The minimum absolute atomic E-state index is 0.0346. The van der Waals surface area contributed by atoms with Crippen LogP contribution in [0.4, 0.5) is 11.4 Å². The molecule has 0 amide bonds. The summed E-state index contributed by atoms with van der Waals surface area (Å²) in [6, 6.07) is 3.52. The number of hydrogen-bond acceptors (Lipinski definition) is 4. The molecule has 0 aliphatic heterocycles. The summed E-state index contributed by atoms with van der Waals surface area (Å²) < 4.78 is 0. The van der Waals surface area contributed by atoms with Crippen LogP contribution in [-0.2, 0) is 6.54 Å². The van der Waals surface area contributed by atoms with Gasteiger partial charge in [0.15, 0.2) is 0 Å². The molecule has 1 atom stereocenters. The molecule has 0 aromatic heterocycles. The van der Waals surface area contributed by atoms with Gasteiger partial charge in [0.2, 0.25) is 0 Å². The Morgan fingerprint density at radius 1 is 1.08 bits per heavy atom. The average molecular weight is 369 g/mol. The Bertz CT molecular complexity index is 808. The maximum Gasteiger partial charge on any atom is 0.253 e. The molecular formula is C18H22Cl2N2O2. The first-order valence-corrected chi connectivity index (χ1v) is 8.56. The van der Waals surface area contributed by atoms with E-state index in [0.29, 0.717) is 28.0 Å². The van der Waals surface area contributed by atoms with Gasteiger partial charge < -0.3 is 10.6 Å². The Hall–Kier alpha value is -1.52. The number of aryl methyl sites for hydroxylation is 1. The molecule has 0 spiro atoms. The highest BCUT2D eigenvalue weighted by atomic mass is 35.5. The van der Waals surface area contributed by atoms with Crippen LogP contribution in [0.2, 0.25) is 10.0 Å². The fraction of sp³-hybridized carbons (Fsp3) is 0.444. The molecule has 0 saturated heterocycles. The van der Waals surface area contributed by atoms with Crippen molar-refractivity contribution in [3.8, 4) is 0 Å². The Morgan fingerprint density at radius 3 is 2.21 bits per heavy atom. The largest absolute Gasteiger partial charge is 0.377 e. The highest BCUT2D eigenvalue weighted by molar-refractivity contribution is 6.35. The van der Waals surface area contributed by atoms with Gasteiger partial charge in [-0.1, -0.05) is 44.0 Å². The zero-order valence-corrected chi connectivity index (χ0v) is 16.0.